The molecule has 152 valence electrons. The lowest BCUT2D eigenvalue weighted by molar-refractivity contribution is -0.137. The highest BCUT2D eigenvalue weighted by molar-refractivity contribution is 6.32. The van der Waals surface area contributed by atoms with Crippen LogP contribution in [-0.4, -0.2) is 11.1 Å². The standard InChI is InChI=1S/C20H12.C8H16O2/c1-5-13-6-2-11-17-18-12-4-8-14-7-3-10-16(20(14)18)15(9-1)19(13)17;1-2-3-4-5-6-7-8(9)10/h1-12H;2-7H2,1H3,(H,9,10). The fraction of sp³-hybridized carbons (Fsp3) is 0.250. The van der Waals surface area contributed by atoms with Crippen molar-refractivity contribution in [1.29, 1.82) is 0 Å². The molecule has 0 atom stereocenters. The Hall–Kier alpha value is -3.13. The third kappa shape index (κ3) is 3.95. The highest BCUT2D eigenvalue weighted by atomic mass is 16.4. The molecule has 0 aliphatic carbocycles. The summed E-state index contributed by atoms with van der Waals surface area (Å²) in [5.41, 5.74) is 0. The number of aliphatic carboxylic acids is 1. The number of carbonyl (C=O) groups is 1. The monoisotopic (exact) mass is 396 g/mol. The maximum Gasteiger partial charge on any atom is 0.303 e. The largest absolute Gasteiger partial charge is 0.481 e. The molecule has 0 radical (unpaired) electrons. The number of benzene rings is 5. The van der Waals surface area contributed by atoms with Gasteiger partial charge in [-0.2, -0.15) is 0 Å². The van der Waals surface area contributed by atoms with Gasteiger partial charge in [0.2, 0.25) is 0 Å². The molecule has 0 bridgehead atoms. The molecule has 2 nitrogen and oxygen atoms in total. The molecule has 0 aliphatic heterocycles. The molecule has 0 fully saturated rings. The van der Waals surface area contributed by atoms with Crippen LogP contribution in [0.3, 0.4) is 0 Å². The molecule has 1 N–H and O–H groups in total. The lowest BCUT2D eigenvalue weighted by Crippen LogP contribution is -1.93. The van der Waals surface area contributed by atoms with Gasteiger partial charge in [0.1, 0.15) is 0 Å². The van der Waals surface area contributed by atoms with Crippen molar-refractivity contribution >= 4 is 49.1 Å². The molecular weight excluding hydrogens is 368 g/mol. The lowest BCUT2D eigenvalue weighted by atomic mass is 9.90. The third-order valence-corrected chi connectivity index (χ3v) is 5.88. The average molecular weight is 397 g/mol. The summed E-state index contributed by atoms with van der Waals surface area (Å²) in [6.45, 7) is 2.15. The summed E-state index contributed by atoms with van der Waals surface area (Å²) in [5, 5.41) is 19.2. The van der Waals surface area contributed by atoms with Gasteiger partial charge in [-0.15, -0.1) is 0 Å². The van der Waals surface area contributed by atoms with E-state index in [0.717, 1.165) is 12.8 Å². The van der Waals surface area contributed by atoms with Crippen LogP contribution in [-0.2, 0) is 4.79 Å². The average Bonchev–Trinajstić information content (AvgIpc) is 2.77. The van der Waals surface area contributed by atoms with Crippen molar-refractivity contribution in [3.05, 3.63) is 72.8 Å². The van der Waals surface area contributed by atoms with E-state index in [2.05, 4.69) is 79.7 Å². The first-order chi connectivity index (χ1) is 14.7. The van der Waals surface area contributed by atoms with Gasteiger partial charge >= 0.3 is 5.97 Å². The molecule has 0 saturated carbocycles. The first-order valence-corrected chi connectivity index (χ1v) is 11.0. The zero-order chi connectivity index (χ0) is 20.9. The van der Waals surface area contributed by atoms with Crippen LogP contribution in [0.2, 0.25) is 0 Å². The van der Waals surface area contributed by atoms with Crippen LogP contribution in [0.25, 0.3) is 43.1 Å². The van der Waals surface area contributed by atoms with E-state index in [4.69, 9.17) is 5.11 Å². The summed E-state index contributed by atoms with van der Waals surface area (Å²) in [6.07, 6.45) is 5.88. The van der Waals surface area contributed by atoms with Crippen LogP contribution >= 0.6 is 0 Å². The zero-order valence-electron chi connectivity index (χ0n) is 17.5. The maximum atomic E-state index is 10.0. The number of carboxylic acids is 1. The Morgan fingerprint density at radius 3 is 1.40 bits per heavy atom. The summed E-state index contributed by atoms with van der Waals surface area (Å²) >= 11 is 0. The maximum absolute atomic E-state index is 10.0. The normalized spacial score (nSPS) is 11.2. The quantitative estimate of drug-likeness (QED) is 0.178. The van der Waals surface area contributed by atoms with Crippen LogP contribution in [0.15, 0.2) is 72.8 Å². The van der Waals surface area contributed by atoms with E-state index < -0.39 is 5.97 Å². The first-order valence-electron chi connectivity index (χ1n) is 11.0. The highest BCUT2D eigenvalue weighted by Gasteiger charge is 2.11. The summed E-state index contributed by atoms with van der Waals surface area (Å²) in [7, 11) is 0. The van der Waals surface area contributed by atoms with Gasteiger partial charge in [-0.1, -0.05) is 105 Å². The minimum absolute atomic E-state index is 0.337. The Morgan fingerprint density at radius 2 is 1.03 bits per heavy atom. The van der Waals surface area contributed by atoms with Crippen LogP contribution in [0, 0.1) is 0 Å². The van der Waals surface area contributed by atoms with E-state index >= 15 is 0 Å². The predicted molar refractivity (Wildman–Crippen MR) is 129 cm³/mol. The van der Waals surface area contributed by atoms with E-state index in [0.29, 0.717) is 6.42 Å². The van der Waals surface area contributed by atoms with Crippen LogP contribution in [0.1, 0.15) is 45.4 Å². The second kappa shape index (κ2) is 9.13. The SMILES string of the molecule is CCCCCCCC(=O)O.c1cc2cccc3c4cccc5cccc(c(c1)c23)c54. The number of unbranched alkanes of at least 4 members (excludes halogenated alkanes) is 4. The molecular formula is C28H28O2. The summed E-state index contributed by atoms with van der Waals surface area (Å²) in [6, 6.07) is 26.4. The summed E-state index contributed by atoms with van der Waals surface area (Å²) in [5.74, 6) is -0.670. The van der Waals surface area contributed by atoms with E-state index in [1.807, 2.05) is 0 Å². The van der Waals surface area contributed by atoms with Gasteiger partial charge in [-0.05, 0) is 49.5 Å². The molecule has 2 heteroatoms. The third-order valence-electron chi connectivity index (χ3n) is 5.88. The molecule has 0 heterocycles. The number of fused-ring (bicyclic) bond motifs is 2. The van der Waals surface area contributed by atoms with Crippen molar-refractivity contribution in [2.75, 3.05) is 0 Å². The predicted octanol–water partition coefficient (Wildman–Crippen LogP) is 8.17. The van der Waals surface area contributed by atoms with Crippen molar-refractivity contribution in [1.82, 2.24) is 0 Å². The van der Waals surface area contributed by atoms with Gasteiger partial charge < -0.3 is 5.11 Å². The Labute approximate surface area is 177 Å². The van der Waals surface area contributed by atoms with Gasteiger partial charge in [-0.25, -0.2) is 0 Å². The Morgan fingerprint density at radius 1 is 0.633 bits per heavy atom. The van der Waals surface area contributed by atoms with Gasteiger partial charge in [0.15, 0.2) is 0 Å². The van der Waals surface area contributed by atoms with Crippen molar-refractivity contribution in [3.8, 4) is 0 Å². The number of hydrogen-bond acceptors (Lipinski definition) is 1. The minimum atomic E-state index is -0.670. The van der Waals surface area contributed by atoms with E-state index in [-0.39, 0.29) is 0 Å². The number of carboxylic acid groups (broad SMARTS) is 1. The number of hydrogen-bond donors (Lipinski definition) is 1. The molecule has 5 rings (SSSR count). The topological polar surface area (TPSA) is 37.3 Å². The Kier molecular flexibility index (Phi) is 6.13. The van der Waals surface area contributed by atoms with Crippen molar-refractivity contribution in [3.63, 3.8) is 0 Å². The molecule has 0 aliphatic rings. The first kappa shape index (κ1) is 20.2. The molecule has 0 amide bonds. The second-order valence-electron chi connectivity index (χ2n) is 7.98. The number of rotatable bonds is 6. The van der Waals surface area contributed by atoms with Gasteiger partial charge in [0.25, 0.3) is 0 Å². The van der Waals surface area contributed by atoms with Gasteiger partial charge in [0, 0.05) is 6.42 Å². The van der Waals surface area contributed by atoms with Crippen LogP contribution in [0.4, 0.5) is 0 Å². The van der Waals surface area contributed by atoms with E-state index in [1.54, 1.807) is 0 Å². The Bertz CT molecular complexity index is 1120. The molecule has 5 aromatic rings. The highest BCUT2D eigenvalue weighted by Crippen LogP contribution is 2.39. The van der Waals surface area contributed by atoms with E-state index in [9.17, 15) is 4.79 Å². The lowest BCUT2D eigenvalue weighted by Gasteiger charge is -2.13. The van der Waals surface area contributed by atoms with Gasteiger partial charge in [0.05, 0.1) is 0 Å². The second-order valence-corrected chi connectivity index (χ2v) is 7.98. The van der Waals surface area contributed by atoms with Crippen LogP contribution < -0.4 is 0 Å². The fourth-order valence-electron chi connectivity index (χ4n) is 4.46. The smallest absolute Gasteiger partial charge is 0.303 e. The Balaban J connectivity index is 0.000000188. The van der Waals surface area contributed by atoms with E-state index in [1.165, 1.54) is 62.4 Å². The molecule has 0 unspecified atom stereocenters. The molecule has 0 spiro atoms. The molecule has 5 aromatic carbocycles. The van der Waals surface area contributed by atoms with Crippen LogP contribution in [0.5, 0.6) is 0 Å². The summed E-state index contributed by atoms with van der Waals surface area (Å²) < 4.78 is 0. The molecule has 0 saturated heterocycles. The van der Waals surface area contributed by atoms with Crippen molar-refractivity contribution < 1.29 is 9.90 Å². The van der Waals surface area contributed by atoms with Gasteiger partial charge in [-0.3, -0.25) is 4.79 Å². The molecule has 0 aromatic heterocycles. The minimum Gasteiger partial charge on any atom is -0.481 e. The fourth-order valence-corrected chi connectivity index (χ4v) is 4.46. The van der Waals surface area contributed by atoms with Crippen molar-refractivity contribution in [2.45, 2.75) is 45.4 Å². The zero-order valence-corrected chi connectivity index (χ0v) is 17.5. The van der Waals surface area contributed by atoms with Crippen molar-refractivity contribution in [2.24, 2.45) is 0 Å². The molecule has 30 heavy (non-hydrogen) atoms. The summed E-state index contributed by atoms with van der Waals surface area (Å²) in [4.78, 5) is 10.0.